The summed E-state index contributed by atoms with van der Waals surface area (Å²) in [6.45, 7) is 2.69. The summed E-state index contributed by atoms with van der Waals surface area (Å²) in [7, 11) is 0. The smallest absolute Gasteiger partial charge is 0.270 e. The summed E-state index contributed by atoms with van der Waals surface area (Å²) < 4.78 is 0. The Bertz CT molecular complexity index is 728. The second-order valence-electron chi connectivity index (χ2n) is 5.55. The van der Waals surface area contributed by atoms with E-state index in [0.717, 1.165) is 11.3 Å². The van der Waals surface area contributed by atoms with Crippen LogP contribution in [0.25, 0.3) is 0 Å². The zero-order chi connectivity index (χ0) is 15.7. The molecule has 1 aliphatic rings. The first-order valence-corrected chi connectivity index (χ1v) is 7.18. The van der Waals surface area contributed by atoms with Crippen molar-refractivity contribution in [3.63, 3.8) is 0 Å². The summed E-state index contributed by atoms with van der Waals surface area (Å²) >= 11 is 0. The molecule has 2 aromatic rings. The molecule has 0 fully saturated rings. The molecule has 5 nitrogen and oxygen atoms in total. The van der Waals surface area contributed by atoms with Gasteiger partial charge in [0.1, 0.15) is 0 Å². The van der Waals surface area contributed by atoms with Gasteiger partial charge in [0.15, 0.2) is 5.78 Å². The monoisotopic (exact) mass is 296 g/mol. The van der Waals surface area contributed by atoms with Crippen molar-refractivity contribution in [3.05, 3.63) is 69.8 Å². The molecule has 0 aliphatic carbocycles. The number of rotatable bonds is 3. The standard InChI is InChI=1S/C17H16N2O3/c1-12-9-17(20)15-10-14(19(21)22)7-8-16(15)18(12)11-13-5-3-2-4-6-13/h2-8,10,12H,9,11H2,1H3. The van der Waals surface area contributed by atoms with Crippen LogP contribution >= 0.6 is 0 Å². The highest BCUT2D eigenvalue weighted by Crippen LogP contribution is 2.34. The first-order valence-electron chi connectivity index (χ1n) is 7.18. The van der Waals surface area contributed by atoms with Crippen molar-refractivity contribution in [3.8, 4) is 0 Å². The SMILES string of the molecule is CC1CC(=O)c2cc([N+](=O)[O-])ccc2N1Cc1ccccc1. The normalized spacial score (nSPS) is 17.2. The predicted octanol–water partition coefficient (Wildman–Crippen LogP) is 3.58. The Morgan fingerprint density at radius 1 is 1.23 bits per heavy atom. The molecule has 2 aromatic carbocycles. The Kier molecular flexibility index (Phi) is 3.63. The summed E-state index contributed by atoms with van der Waals surface area (Å²) in [4.78, 5) is 24.8. The number of carbonyl (C=O) groups excluding carboxylic acids is 1. The largest absolute Gasteiger partial charge is 0.363 e. The van der Waals surface area contributed by atoms with Crippen molar-refractivity contribution < 1.29 is 9.72 Å². The maximum atomic E-state index is 12.2. The summed E-state index contributed by atoms with van der Waals surface area (Å²) in [6.07, 6.45) is 0.376. The number of nitro groups is 1. The van der Waals surface area contributed by atoms with Gasteiger partial charge >= 0.3 is 0 Å². The van der Waals surface area contributed by atoms with Crippen LogP contribution in [0.4, 0.5) is 11.4 Å². The highest BCUT2D eigenvalue weighted by molar-refractivity contribution is 6.04. The number of benzene rings is 2. The van der Waals surface area contributed by atoms with Crippen molar-refractivity contribution in [2.24, 2.45) is 0 Å². The van der Waals surface area contributed by atoms with E-state index in [1.165, 1.54) is 12.1 Å². The number of carbonyl (C=O) groups is 1. The number of anilines is 1. The van der Waals surface area contributed by atoms with Gasteiger partial charge in [0.05, 0.1) is 4.92 Å². The summed E-state index contributed by atoms with van der Waals surface area (Å²) in [6, 6.07) is 14.6. The molecule has 0 amide bonds. The first-order chi connectivity index (χ1) is 10.6. The van der Waals surface area contributed by atoms with E-state index < -0.39 is 4.92 Å². The van der Waals surface area contributed by atoms with Crippen molar-refractivity contribution in [1.82, 2.24) is 0 Å². The van der Waals surface area contributed by atoms with E-state index in [2.05, 4.69) is 4.90 Å². The van der Waals surface area contributed by atoms with Crippen LogP contribution in [-0.4, -0.2) is 16.7 Å². The molecule has 0 saturated heterocycles. The van der Waals surface area contributed by atoms with Gasteiger partial charge in [0.25, 0.3) is 5.69 Å². The fourth-order valence-corrected chi connectivity index (χ4v) is 2.86. The maximum absolute atomic E-state index is 12.2. The van der Waals surface area contributed by atoms with Gasteiger partial charge in [0, 0.05) is 42.4 Å². The molecule has 0 bridgehead atoms. The van der Waals surface area contributed by atoms with E-state index in [-0.39, 0.29) is 17.5 Å². The molecule has 112 valence electrons. The molecule has 3 rings (SSSR count). The lowest BCUT2D eigenvalue weighted by atomic mass is 9.94. The topological polar surface area (TPSA) is 63.4 Å². The van der Waals surface area contributed by atoms with Crippen LogP contribution in [0.1, 0.15) is 29.3 Å². The summed E-state index contributed by atoms with van der Waals surface area (Å²) in [5.74, 6) is -0.0319. The molecule has 1 unspecified atom stereocenters. The minimum atomic E-state index is -0.465. The first kappa shape index (κ1) is 14.3. The highest BCUT2D eigenvalue weighted by Gasteiger charge is 2.30. The van der Waals surface area contributed by atoms with Crippen molar-refractivity contribution in [2.75, 3.05) is 4.90 Å². The van der Waals surface area contributed by atoms with Crippen LogP contribution in [0.15, 0.2) is 48.5 Å². The number of nitro benzene ring substituents is 1. The van der Waals surface area contributed by atoms with Crippen molar-refractivity contribution >= 4 is 17.2 Å². The van der Waals surface area contributed by atoms with Gasteiger partial charge in [-0.25, -0.2) is 0 Å². The lowest BCUT2D eigenvalue weighted by Crippen LogP contribution is -2.39. The molecule has 1 aliphatic heterocycles. The van der Waals surface area contributed by atoms with Gasteiger partial charge < -0.3 is 4.90 Å². The van der Waals surface area contributed by atoms with Crippen molar-refractivity contribution in [2.45, 2.75) is 25.9 Å². The molecule has 22 heavy (non-hydrogen) atoms. The van der Waals surface area contributed by atoms with Crippen LogP contribution in [0.2, 0.25) is 0 Å². The van der Waals surface area contributed by atoms with Gasteiger partial charge in [-0.1, -0.05) is 30.3 Å². The average molecular weight is 296 g/mol. The summed E-state index contributed by atoms with van der Waals surface area (Å²) in [5.41, 5.74) is 2.33. The van der Waals surface area contributed by atoms with E-state index in [9.17, 15) is 14.9 Å². The van der Waals surface area contributed by atoms with Crippen LogP contribution in [0.3, 0.4) is 0 Å². The van der Waals surface area contributed by atoms with E-state index in [4.69, 9.17) is 0 Å². The molecule has 0 saturated carbocycles. The van der Waals surface area contributed by atoms with Crippen LogP contribution in [0, 0.1) is 10.1 Å². The Balaban J connectivity index is 2.00. The zero-order valence-corrected chi connectivity index (χ0v) is 12.2. The predicted molar refractivity (Wildman–Crippen MR) is 84.1 cm³/mol. The number of hydrogen-bond acceptors (Lipinski definition) is 4. The van der Waals surface area contributed by atoms with Crippen molar-refractivity contribution in [1.29, 1.82) is 0 Å². The van der Waals surface area contributed by atoms with E-state index >= 15 is 0 Å². The second-order valence-corrected chi connectivity index (χ2v) is 5.55. The second kappa shape index (κ2) is 5.60. The minimum absolute atomic E-state index is 0.0319. The Morgan fingerprint density at radius 2 is 1.95 bits per heavy atom. The molecule has 0 spiro atoms. The van der Waals surface area contributed by atoms with E-state index in [0.29, 0.717) is 18.5 Å². The van der Waals surface area contributed by atoms with Gasteiger partial charge in [-0.2, -0.15) is 0 Å². The number of hydrogen-bond donors (Lipinski definition) is 0. The number of fused-ring (bicyclic) bond motifs is 1. The third-order valence-electron chi connectivity index (χ3n) is 4.01. The zero-order valence-electron chi connectivity index (χ0n) is 12.2. The number of nitrogens with zero attached hydrogens (tertiary/aromatic N) is 2. The lowest BCUT2D eigenvalue weighted by Gasteiger charge is -2.36. The third kappa shape index (κ3) is 2.57. The minimum Gasteiger partial charge on any atom is -0.363 e. The average Bonchev–Trinajstić information content (AvgIpc) is 2.52. The van der Waals surface area contributed by atoms with Crippen LogP contribution in [0.5, 0.6) is 0 Å². The molecular formula is C17H16N2O3. The Labute approximate surface area is 128 Å². The fourth-order valence-electron chi connectivity index (χ4n) is 2.86. The van der Waals surface area contributed by atoms with Crippen LogP contribution < -0.4 is 4.90 Å². The Morgan fingerprint density at radius 3 is 2.64 bits per heavy atom. The highest BCUT2D eigenvalue weighted by atomic mass is 16.6. The molecule has 5 heteroatoms. The quantitative estimate of drug-likeness (QED) is 0.641. The number of non-ortho nitro benzene ring substituents is 1. The fraction of sp³-hybridized carbons (Fsp3) is 0.235. The van der Waals surface area contributed by atoms with Gasteiger partial charge in [0.2, 0.25) is 0 Å². The number of Topliss-reactive ketones (excluding diaryl/α,β-unsaturated/α-hetero) is 1. The lowest BCUT2D eigenvalue weighted by molar-refractivity contribution is -0.384. The Hall–Kier alpha value is -2.69. The summed E-state index contributed by atoms with van der Waals surface area (Å²) in [5, 5.41) is 10.9. The molecule has 0 N–H and O–H groups in total. The third-order valence-corrected chi connectivity index (χ3v) is 4.01. The molecule has 1 heterocycles. The molecule has 0 aromatic heterocycles. The molecular weight excluding hydrogens is 280 g/mol. The maximum Gasteiger partial charge on any atom is 0.270 e. The van der Waals surface area contributed by atoms with E-state index in [1.807, 2.05) is 37.3 Å². The van der Waals surface area contributed by atoms with Gasteiger partial charge in [-0.3, -0.25) is 14.9 Å². The van der Waals surface area contributed by atoms with Crippen LogP contribution in [-0.2, 0) is 6.54 Å². The van der Waals surface area contributed by atoms with E-state index in [1.54, 1.807) is 6.07 Å². The van der Waals surface area contributed by atoms with Gasteiger partial charge in [-0.15, -0.1) is 0 Å². The number of ketones is 1. The molecule has 1 atom stereocenters. The molecule has 0 radical (unpaired) electrons. The van der Waals surface area contributed by atoms with Gasteiger partial charge in [-0.05, 0) is 18.6 Å².